The molecule has 0 radical (unpaired) electrons. The maximum Gasteiger partial charge on any atom is 0.238 e. The van der Waals surface area contributed by atoms with Crippen molar-refractivity contribution in [2.75, 3.05) is 18.9 Å². The lowest BCUT2D eigenvalue weighted by atomic mass is 10.2. The molecule has 0 spiro atoms. The number of likely N-dealkylation sites (N-methyl/N-ethyl adjacent to an activating group) is 1. The fourth-order valence-corrected chi connectivity index (χ4v) is 2.97. The van der Waals surface area contributed by atoms with Crippen molar-refractivity contribution < 1.29 is 4.79 Å². The Kier molecular flexibility index (Phi) is 3.98. The molecule has 0 aliphatic rings. The van der Waals surface area contributed by atoms with Crippen molar-refractivity contribution in [1.82, 2.24) is 14.9 Å². The Balaban J connectivity index is 1.57. The summed E-state index contributed by atoms with van der Waals surface area (Å²) in [6, 6.07) is 9.73. The van der Waals surface area contributed by atoms with Crippen LogP contribution in [0.3, 0.4) is 0 Å². The molecule has 3 rings (SSSR count). The molecule has 0 aliphatic carbocycles. The normalized spacial score (nSPS) is 11.1. The van der Waals surface area contributed by atoms with Gasteiger partial charge in [0.1, 0.15) is 0 Å². The molecular weight excluding hydrogens is 284 g/mol. The van der Waals surface area contributed by atoms with E-state index in [9.17, 15) is 4.79 Å². The van der Waals surface area contributed by atoms with Gasteiger partial charge in [-0.3, -0.25) is 9.69 Å². The monoisotopic (exact) mass is 300 g/mol. The number of rotatable bonds is 5. The Morgan fingerprint density at radius 1 is 1.43 bits per heavy atom. The molecule has 0 unspecified atom stereocenters. The van der Waals surface area contributed by atoms with Gasteiger partial charge in [-0.2, -0.15) is 0 Å². The molecule has 0 bridgehead atoms. The molecule has 0 aliphatic heterocycles. The number of aromatic amines is 1. The van der Waals surface area contributed by atoms with Crippen LogP contribution < -0.4 is 5.32 Å². The Hall–Kier alpha value is -2.18. The van der Waals surface area contributed by atoms with Gasteiger partial charge in [0, 0.05) is 17.1 Å². The number of hydrogen-bond donors (Lipinski definition) is 2. The first-order chi connectivity index (χ1) is 10.2. The SMILES string of the molecule is CN(CC(=O)Nc1ccc2nc[nH]c2c1)Cc1cccs1. The van der Waals surface area contributed by atoms with Crippen molar-refractivity contribution in [3.05, 3.63) is 46.9 Å². The highest BCUT2D eigenvalue weighted by molar-refractivity contribution is 7.09. The van der Waals surface area contributed by atoms with Crippen molar-refractivity contribution in [2.45, 2.75) is 6.54 Å². The predicted molar refractivity (Wildman–Crippen MR) is 85.4 cm³/mol. The van der Waals surface area contributed by atoms with Crippen LogP contribution in [0.2, 0.25) is 0 Å². The molecule has 0 fully saturated rings. The number of hydrogen-bond acceptors (Lipinski definition) is 4. The third kappa shape index (κ3) is 3.48. The zero-order valence-corrected chi connectivity index (χ0v) is 12.5. The summed E-state index contributed by atoms with van der Waals surface area (Å²) in [6.07, 6.45) is 1.64. The van der Waals surface area contributed by atoms with E-state index in [0.717, 1.165) is 23.3 Å². The van der Waals surface area contributed by atoms with E-state index < -0.39 is 0 Å². The predicted octanol–water partition coefficient (Wildman–Crippen LogP) is 2.69. The maximum atomic E-state index is 12.1. The summed E-state index contributed by atoms with van der Waals surface area (Å²) in [5, 5.41) is 4.95. The van der Waals surface area contributed by atoms with Crippen molar-refractivity contribution in [3.63, 3.8) is 0 Å². The fraction of sp³-hybridized carbons (Fsp3) is 0.200. The minimum atomic E-state index is -0.0204. The summed E-state index contributed by atoms with van der Waals surface area (Å²) in [4.78, 5) is 22.5. The molecule has 2 N–H and O–H groups in total. The lowest BCUT2D eigenvalue weighted by Crippen LogP contribution is -2.29. The summed E-state index contributed by atoms with van der Waals surface area (Å²) < 4.78 is 0. The first kappa shape index (κ1) is 13.8. The first-order valence-corrected chi connectivity index (χ1v) is 7.52. The zero-order valence-electron chi connectivity index (χ0n) is 11.7. The van der Waals surface area contributed by atoms with Gasteiger partial charge in [0.15, 0.2) is 0 Å². The van der Waals surface area contributed by atoms with Crippen LogP contribution >= 0.6 is 11.3 Å². The molecule has 21 heavy (non-hydrogen) atoms. The fourth-order valence-electron chi connectivity index (χ4n) is 2.18. The van der Waals surface area contributed by atoms with E-state index in [2.05, 4.69) is 21.4 Å². The van der Waals surface area contributed by atoms with Crippen LogP contribution in [0.4, 0.5) is 5.69 Å². The quantitative estimate of drug-likeness (QED) is 0.761. The van der Waals surface area contributed by atoms with Gasteiger partial charge in [-0.25, -0.2) is 4.98 Å². The molecule has 108 valence electrons. The molecule has 2 aromatic heterocycles. The van der Waals surface area contributed by atoms with Crippen LogP contribution in [-0.4, -0.2) is 34.4 Å². The minimum absolute atomic E-state index is 0.0204. The van der Waals surface area contributed by atoms with Crippen molar-refractivity contribution in [1.29, 1.82) is 0 Å². The van der Waals surface area contributed by atoms with Gasteiger partial charge in [0.2, 0.25) is 5.91 Å². The van der Waals surface area contributed by atoms with E-state index >= 15 is 0 Å². The number of fused-ring (bicyclic) bond motifs is 1. The lowest BCUT2D eigenvalue weighted by molar-refractivity contribution is -0.117. The average Bonchev–Trinajstić information content (AvgIpc) is 3.08. The number of H-pyrrole nitrogens is 1. The van der Waals surface area contributed by atoms with Gasteiger partial charge in [0.05, 0.1) is 23.9 Å². The van der Waals surface area contributed by atoms with Crippen LogP contribution in [0.1, 0.15) is 4.88 Å². The van der Waals surface area contributed by atoms with Crippen LogP contribution in [0.15, 0.2) is 42.0 Å². The van der Waals surface area contributed by atoms with Crippen LogP contribution in [0, 0.1) is 0 Å². The molecule has 0 atom stereocenters. The molecular formula is C15H16N4OS. The summed E-state index contributed by atoms with van der Waals surface area (Å²) in [7, 11) is 1.94. The van der Waals surface area contributed by atoms with Gasteiger partial charge < -0.3 is 10.3 Å². The van der Waals surface area contributed by atoms with Crippen molar-refractivity contribution >= 4 is 34.0 Å². The number of thiophene rings is 1. The number of imidazole rings is 1. The molecule has 0 saturated carbocycles. The first-order valence-electron chi connectivity index (χ1n) is 6.64. The third-order valence-electron chi connectivity index (χ3n) is 3.12. The average molecular weight is 300 g/mol. The summed E-state index contributed by atoms with van der Waals surface area (Å²) >= 11 is 1.70. The second-order valence-electron chi connectivity index (χ2n) is 4.93. The second-order valence-corrected chi connectivity index (χ2v) is 5.97. The topological polar surface area (TPSA) is 61.0 Å². The number of carbonyl (C=O) groups excluding carboxylic acids is 1. The Labute approximate surface area is 126 Å². The number of nitrogens with one attached hydrogen (secondary N) is 2. The number of anilines is 1. The highest BCUT2D eigenvalue weighted by atomic mass is 32.1. The Bertz CT molecular complexity index is 735. The molecule has 0 saturated heterocycles. The van der Waals surface area contributed by atoms with Gasteiger partial charge in [-0.1, -0.05) is 6.07 Å². The number of benzene rings is 1. The Morgan fingerprint density at radius 3 is 3.14 bits per heavy atom. The lowest BCUT2D eigenvalue weighted by Gasteiger charge is -2.15. The van der Waals surface area contributed by atoms with Crippen LogP contribution in [0.5, 0.6) is 0 Å². The van der Waals surface area contributed by atoms with Gasteiger partial charge in [0.25, 0.3) is 0 Å². The largest absolute Gasteiger partial charge is 0.345 e. The van der Waals surface area contributed by atoms with E-state index in [4.69, 9.17) is 0 Å². The number of aromatic nitrogens is 2. The van der Waals surface area contributed by atoms with Crippen LogP contribution in [0.25, 0.3) is 11.0 Å². The molecule has 2 heterocycles. The van der Waals surface area contributed by atoms with E-state index in [1.807, 2.05) is 41.6 Å². The number of amides is 1. The van der Waals surface area contributed by atoms with Crippen molar-refractivity contribution in [2.24, 2.45) is 0 Å². The highest BCUT2D eigenvalue weighted by Gasteiger charge is 2.08. The smallest absolute Gasteiger partial charge is 0.238 e. The molecule has 1 aromatic carbocycles. The summed E-state index contributed by atoms with van der Waals surface area (Å²) in [6.45, 7) is 1.14. The highest BCUT2D eigenvalue weighted by Crippen LogP contribution is 2.16. The van der Waals surface area contributed by atoms with E-state index in [1.54, 1.807) is 17.7 Å². The maximum absolute atomic E-state index is 12.1. The Morgan fingerprint density at radius 2 is 2.33 bits per heavy atom. The van der Waals surface area contributed by atoms with Gasteiger partial charge >= 0.3 is 0 Å². The third-order valence-corrected chi connectivity index (χ3v) is 3.98. The minimum Gasteiger partial charge on any atom is -0.345 e. The van der Waals surface area contributed by atoms with E-state index in [1.165, 1.54) is 4.88 Å². The van der Waals surface area contributed by atoms with Crippen LogP contribution in [-0.2, 0) is 11.3 Å². The van der Waals surface area contributed by atoms with Gasteiger partial charge in [-0.15, -0.1) is 11.3 Å². The zero-order chi connectivity index (χ0) is 14.7. The van der Waals surface area contributed by atoms with Gasteiger partial charge in [-0.05, 0) is 36.7 Å². The second kappa shape index (κ2) is 6.07. The van der Waals surface area contributed by atoms with E-state index in [0.29, 0.717) is 6.54 Å². The van der Waals surface area contributed by atoms with Crippen molar-refractivity contribution in [3.8, 4) is 0 Å². The number of nitrogens with zero attached hydrogens (tertiary/aromatic N) is 2. The standard InChI is InChI=1S/C15H16N4OS/c1-19(8-12-3-2-6-21-12)9-15(20)18-11-4-5-13-14(7-11)17-10-16-13/h2-7,10H,8-9H2,1H3,(H,16,17)(H,18,20). The molecule has 5 nitrogen and oxygen atoms in total. The van der Waals surface area contributed by atoms with E-state index in [-0.39, 0.29) is 5.91 Å². The molecule has 6 heteroatoms. The summed E-state index contributed by atoms with van der Waals surface area (Å²) in [5.41, 5.74) is 2.59. The molecule has 1 amide bonds. The summed E-state index contributed by atoms with van der Waals surface area (Å²) in [5.74, 6) is -0.0204. The molecule has 3 aromatic rings. The number of carbonyl (C=O) groups is 1.